The van der Waals surface area contributed by atoms with Gasteiger partial charge in [-0.05, 0) is 24.3 Å². The maximum absolute atomic E-state index is 11.6. The van der Waals surface area contributed by atoms with Crippen LogP contribution in [0.1, 0.15) is 17.7 Å². The van der Waals surface area contributed by atoms with Crippen molar-refractivity contribution >= 4 is 23.2 Å². The van der Waals surface area contributed by atoms with E-state index >= 15 is 0 Å². The van der Waals surface area contributed by atoms with Crippen molar-refractivity contribution in [2.45, 2.75) is 25.4 Å². The molecule has 1 aliphatic carbocycles. The van der Waals surface area contributed by atoms with Gasteiger partial charge in [-0.25, -0.2) is 0 Å². The van der Waals surface area contributed by atoms with Gasteiger partial charge in [-0.15, -0.1) is 11.3 Å². The molecular weight excluding hydrogens is 252 g/mol. The summed E-state index contributed by atoms with van der Waals surface area (Å²) in [6.07, 6.45) is 2.25. The van der Waals surface area contributed by atoms with E-state index < -0.39 is 5.97 Å². The Labute approximate surface area is 109 Å². The van der Waals surface area contributed by atoms with Gasteiger partial charge in [0.15, 0.2) is 0 Å². The zero-order chi connectivity index (χ0) is 13.0. The first-order chi connectivity index (χ1) is 8.65. The normalized spacial score (nSPS) is 14.7. The molecule has 6 heteroatoms. The minimum absolute atomic E-state index is 0.221. The lowest BCUT2D eigenvalue weighted by molar-refractivity contribution is -0.138. The molecule has 0 aliphatic heterocycles. The predicted molar refractivity (Wildman–Crippen MR) is 68.4 cm³/mol. The molecule has 2 N–H and O–H groups in total. The second-order valence-corrected chi connectivity index (χ2v) is 5.42. The summed E-state index contributed by atoms with van der Waals surface area (Å²) >= 11 is 1.67. The molecular formula is C12H16N2O3S. The van der Waals surface area contributed by atoms with E-state index in [4.69, 9.17) is 5.11 Å². The first kappa shape index (κ1) is 13.0. The molecule has 0 saturated heterocycles. The lowest BCUT2D eigenvalue weighted by atomic mass is 10.3. The summed E-state index contributed by atoms with van der Waals surface area (Å²) in [6.45, 7) is 0.731. The summed E-state index contributed by atoms with van der Waals surface area (Å²) in [6, 6.07) is 4.52. The van der Waals surface area contributed by atoms with Crippen molar-refractivity contribution in [1.29, 1.82) is 0 Å². The lowest BCUT2D eigenvalue weighted by Gasteiger charge is -2.20. The number of amides is 1. The lowest BCUT2D eigenvalue weighted by Crippen LogP contribution is -2.39. The second-order valence-electron chi connectivity index (χ2n) is 4.39. The summed E-state index contributed by atoms with van der Waals surface area (Å²) in [5, 5.41) is 12.9. The van der Waals surface area contributed by atoms with Gasteiger partial charge in [0.05, 0.1) is 6.54 Å². The molecule has 98 valence electrons. The van der Waals surface area contributed by atoms with E-state index in [9.17, 15) is 9.59 Å². The van der Waals surface area contributed by atoms with Gasteiger partial charge < -0.3 is 10.4 Å². The summed E-state index contributed by atoms with van der Waals surface area (Å²) in [7, 11) is 0. The van der Waals surface area contributed by atoms with Crippen molar-refractivity contribution < 1.29 is 14.7 Å². The predicted octanol–water partition coefficient (Wildman–Crippen LogP) is 0.913. The number of thiophene rings is 1. The molecule has 2 rings (SSSR count). The summed E-state index contributed by atoms with van der Waals surface area (Å²) in [5.41, 5.74) is 0. The molecule has 1 saturated carbocycles. The highest BCUT2D eigenvalue weighted by atomic mass is 32.1. The van der Waals surface area contributed by atoms with Crippen LogP contribution in [0.15, 0.2) is 17.5 Å². The molecule has 1 amide bonds. The number of hydrogen-bond donors (Lipinski definition) is 2. The molecule has 1 fully saturated rings. The van der Waals surface area contributed by atoms with E-state index in [1.807, 2.05) is 11.4 Å². The van der Waals surface area contributed by atoms with Gasteiger partial charge in [0.2, 0.25) is 5.91 Å². The van der Waals surface area contributed by atoms with Gasteiger partial charge in [0, 0.05) is 17.5 Å². The first-order valence-electron chi connectivity index (χ1n) is 5.90. The van der Waals surface area contributed by atoms with E-state index in [0.29, 0.717) is 6.04 Å². The Morgan fingerprint density at radius 1 is 1.50 bits per heavy atom. The Morgan fingerprint density at radius 3 is 2.83 bits per heavy atom. The van der Waals surface area contributed by atoms with Gasteiger partial charge in [-0.2, -0.15) is 0 Å². The average Bonchev–Trinajstić information content (AvgIpc) is 3.05. The van der Waals surface area contributed by atoms with Crippen LogP contribution in [-0.4, -0.2) is 41.0 Å². The van der Waals surface area contributed by atoms with Crippen molar-refractivity contribution in [2.75, 3.05) is 13.1 Å². The first-order valence-corrected chi connectivity index (χ1v) is 6.78. The third-order valence-electron chi connectivity index (χ3n) is 2.79. The van der Waals surface area contributed by atoms with E-state index in [2.05, 4.69) is 16.3 Å². The van der Waals surface area contributed by atoms with Gasteiger partial charge in [-0.3, -0.25) is 14.5 Å². The van der Waals surface area contributed by atoms with Crippen LogP contribution in [0.2, 0.25) is 0 Å². The molecule has 5 nitrogen and oxygen atoms in total. The van der Waals surface area contributed by atoms with Gasteiger partial charge in [-0.1, -0.05) is 6.07 Å². The number of carboxylic acids is 1. The monoisotopic (exact) mass is 268 g/mol. The molecule has 0 unspecified atom stereocenters. The number of rotatable bonds is 7. The Morgan fingerprint density at radius 2 is 2.28 bits per heavy atom. The number of aliphatic carboxylic acids is 1. The number of carbonyl (C=O) groups excluding carboxylic acids is 1. The van der Waals surface area contributed by atoms with Crippen LogP contribution in [0.4, 0.5) is 0 Å². The van der Waals surface area contributed by atoms with Crippen molar-refractivity contribution in [1.82, 2.24) is 10.2 Å². The molecule has 1 heterocycles. The minimum atomic E-state index is -1.01. The molecule has 1 aliphatic rings. The van der Waals surface area contributed by atoms with Gasteiger partial charge in [0.25, 0.3) is 0 Å². The SMILES string of the molecule is O=C(O)CNC(=O)CN(Cc1cccs1)C1CC1. The fourth-order valence-corrected chi connectivity index (χ4v) is 2.50. The van der Waals surface area contributed by atoms with Gasteiger partial charge in [0.1, 0.15) is 6.54 Å². The highest BCUT2D eigenvalue weighted by Crippen LogP contribution is 2.28. The van der Waals surface area contributed by atoms with Crippen molar-refractivity contribution in [3.05, 3.63) is 22.4 Å². The Hall–Kier alpha value is -1.40. The largest absolute Gasteiger partial charge is 0.480 e. The Kier molecular flexibility index (Phi) is 4.33. The molecule has 0 aromatic carbocycles. The smallest absolute Gasteiger partial charge is 0.322 e. The summed E-state index contributed by atoms with van der Waals surface area (Å²) in [4.78, 5) is 25.3. The fourth-order valence-electron chi connectivity index (χ4n) is 1.77. The summed E-state index contributed by atoms with van der Waals surface area (Å²) in [5.74, 6) is -1.24. The van der Waals surface area contributed by atoms with E-state index in [1.165, 1.54) is 4.88 Å². The number of nitrogens with zero attached hydrogens (tertiary/aromatic N) is 1. The average molecular weight is 268 g/mol. The highest BCUT2D eigenvalue weighted by molar-refractivity contribution is 7.09. The van der Waals surface area contributed by atoms with Crippen LogP contribution in [0.3, 0.4) is 0 Å². The molecule has 1 aromatic rings. The Bertz CT molecular complexity index is 415. The van der Waals surface area contributed by atoms with Crippen LogP contribution in [0.25, 0.3) is 0 Å². The van der Waals surface area contributed by atoms with Crippen LogP contribution >= 0.6 is 11.3 Å². The topological polar surface area (TPSA) is 69.6 Å². The van der Waals surface area contributed by atoms with Crippen LogP contribution in [0.5, 0.6) is 0 Å². The van der Waals surface area contributed by atoms with E-state index in [1.54, 1.807) is 11.3 Å². The van der Waals surface area contributed by atoms with E-state index in [0.717, 1.165) is 19.4 Å². The van der Waals surface area contributed by atoms with Crippen LogP contribution in [0, 0.1) is 0 Å². The third kappa shape index (κ3) is 4.12. The highest BCUT2D eigenvalue weighted by Gasteiger charge is 2.30. The zero-order valence-electron chi connectivity index (χ0n) is 9.96. The van der Waals surface area contributed by atoms with E-state index in [-0.39, 0.29) is 19.0 Å². The molecule has 18 heavy (non-hydrogen) atoms. The van der Waals surface area contributed by atoms with Crippen LogP contribution in [-0.2, 0) is 16.1 Å². The number of nitrogens with one attached hydrogen (secondary N) is 1. The molecule has 1 aromatic heterocycles. The summed E-state index contributed by atoms with van der Waals surface area (Å²) < 4.78 is 0. The second kappa shape index (κ2) is 5.97. The Balaban J connectivity index is 1.82. The standard InChI is InChI=1S/C12H16N2O3S/c15-11(13-6-12(16)17)8-14(9-3-4-9)7-10-2-1-5-18-10/h1-2,5,9H,3-4,6-8H2,(H,13,15)(H,16,17). The van der Waals surface area contributed by atoms with Crippen molar-refractivity contribution in [3.8, 4) is 0 Å². The van der Waals surface area contributed by atoms with Crippen molar-refractivity contribution in [2.24, 2.45) is 0 Å². The fraction of sp³-hybridized carbons (Fsp3) is 0.500. The number of hydrogen-bond acceptors (Lipinski definition) is 4. The molecule has 0 bridgehead atoms. The van der Waals surface area contributed by atoms with Gasteiger partial charge >= 0.3 is 5.97 Å². The van der Waals surface area contributed by atoms with Crippen LogP contribution < -0.4 is 5.32 Å². The quantitative estimate of drug-likeness (QED) is 0.771. The number of carbonyl (C=O) groups is 2. The minimum Gasteiger partial charge on any atom is -0.480 e. The maximum atomic E-state index is 11.6. The zero-order valence-corrected chi connectivity index (χ0v) is 10.8. The van der Waals surface area contributed by atoms with Crippen molar-refractivity contribution in [3.63, 3.8) is 0 Å². The molecule has 0 atom stereocenters. The third-order valence-corrected chi connectivity index (χ3v) is 3.65. The molecule has 0 spiro atoms. The maximum Gasteiger partial charge on any atom is 0.322 e. The number of carboxylic acid groups (broad SMARTS) is 1. The molecule has 0 radical (unpaired) electrons.